The Balaban J connectivity index is 1.27. The van der Waals surface area contributed by atoms with Gasteiger partial charge in [0.05, 0.1) is 46.4 Å². The van der Waals surface area contributed by atoms with Crippen LogP contribution in [-0.2, 0) is 4.74 Å². The minimum Gasteiger partial charge on any atom is -0.378 e. The number of aliphatic imine (C=N–C) groups is 2. The molecular formula is C32H35N7OS2. The molecule has 5 rings (SSSR count). The minimum absolute atomic E-state index is 0.295. The number of thiazole rings is 1. The highest BCUT2D eigenvalue weighted by Crippen LogP contribution is 2.37. The first-order valence-electron chi connectivity index (χ1n) is 13.9. The molecule has 0 bridgehead atoms. The summed E-state index contributed by atoms with van der Waals surface area (Å²) in [6.45, 7) is 11.8. The molecular weight excluding hydrogens is 563 g/mol. The molecule has 0 unspecified atom stereocenters. The lowest BCUT2D eigenvalue weighted by Gasteiger charge is -2.28. The number of rotatable bonds is 12. The summed E-state index contributed by atoms with van der Waals surface area (Å²) in [5, 5.41) is 4.30. The van der Waals surface area contributed by atoms with Crippen LogP contribution in [0.2, 0.25) is 0 Å². The van der Waals surface area contributed by atoms with E-state index in [0.29, 0.717) is 12.6 Å². The van der Waals surface area contributed by atoms with E-state index in [4.69, 9.17) is 9.72 Å². The number of hydrogen-bond acceptors (Lipinski definition) is 10. The summed E-state index contributed by atoms with van der Waals surface area (Å²) in [5.74, 6) is 1.07. The number of nitrogens with one attached hydrogen (secondary N) is 2. The van der Waals surface area contributed by atoms with Gasteiger partial charge in [-0.25, -0.2) is 9.97 Å². The average Bonchev–Trinajstić information content (AvgIpc) is 3.49. The molecule has 1 fully saturated rings. The second-order valence-electron chi connectivity index (χ2n) is 9.86. The van der Waals surface area contributed by atoms with Gasteiger partial charge in [-0.3, -0.25) is 9.98 Å². The number of benzene rings is 2. The van der Waals surface area contributed by atoms with Gasteiger partial charge in [0, 0.05) is 41.4 Å². The van der Waals surface area contributed by atoms with Crippen molar-refractivity contribution in [2.45, 2.75) is 24.7 Å². The van der Waals surface area contributed by atoms with Gasteiger partial charge in [0.15, 0.2) is 0 Å². The van der Waals surface area contributed by atoms with Crippen molar-refractivity contribution in [2.75, 3.05) is 47.9 Å². The predicted molar refractivity (Wildman–Crippen MR) is 179 cm³/mol. The molecule has 1 aliphatic heterocycles. The first kappa shape index (κ1) is 29.5. The van der Waals surface area contributed by atoms with Crippen molar-refractivity contribution in [1.29, 1.82) is 0 Å². The molecule has 0 saturated carbocycles. The van der Waals surface area contributed by atoms with E-state index in [1.165, 1.54) is 0 Å². The Morgan fingerprint density at radius 1 is 1.12 bits per heavy atom. The molecule has 2 aromatic heterocycles. The van der Waals surface area contributed by atoms with Crippen LogP contribution in [0.4, 0.5) is 17.2 Å². The van der Waals surface area contributed by atoms with Crippen LogP contribution in [0.1, 0.15) is 29.7 Å². The van der Waals surface area contributed by atoms with E-state index in [1.54, 1.807) is 29.5 Å². The van der Waals surface area contributed by atoms with Gasteiger partial charge in [-0.1, -0.05) is 44.2 Å². The predicted octanol–water partition coefficient (Wildman–Crippen LogP) is 7.47. The SMILES string of the molecule is C=N/C(=C\C=N/CNc1ccc(N2CCOCC2)cn1)c1sc(C(C)C)nc1-c1cccc(NSc2ccccc2)c1. The number of hydrogen-bond donors (Lipinski definition) is 2. The molecule has 10 heteroatoms. The third-order valence-corrected chi connectivity index (χ3v) is 8.74. The highest BCUT2D eigenvalue weighted by atomic mass is 32.2. The Bertz CT molecular complexity index is 1510. The monoisotopic (exact) mass is 597 g/mol. The second-order valence-corrected chi connectivity index (χ2v) is 11.8. The highest BCUT2D eigenvalue weighted by molar-refractivity contribution is 8.00. The van der Waals surface area contributed by atoms with E-state index < -0.39 is 0 Å². The average molecular weight is 598 g/mol. The standard InChI is InChI=1S/C32H35N7OS2/c1-23(2)32-37-30(24-8-7-9-25(20-24)38-42-27-10-5-4-6-11-27)31(41-32)28(33-3)14-15-34-22-36-29-13-12-26(21-35-29)39-16-18-40-19-17-39/h4-15,20-21,23,38H,3,16-19,22H2,1-2H3,(H,35,36)/b28-14-,34-15-. The van der Waals surface area contributed by atoms with Crippen LogP contribution >= 0.6 is 23.3 Å². The Kier molecular flexibility index (Phi) is 10.4. The third kappa shape index (κ3) is 7.84. The summed E-state index contributed by atoms with van der Waals surface area (Å²) in [4.78, 5) is 22.8. The molecule has 0 spiro atoms. The van der Waals surface area contributed by atoms with E-state index in [9.17, 15) is 0 Å². The molecule has 0 amide bonds. The lowest BCUT2D eigenvalue weighted by atomic mass is 10.1. The summed E-state index contributed by atoms with van der Waals surface area (Å²) in [5.41, 5.74) is 4.76. The van der Waals surface area contributed by atoms with Crippen molar-refractivity contribution < 1.29 is 4.74 Å². The molecule has 3 heterocycles. The Morgan fingerprint density at radius 3 is 2.69 bits per heavy atom. The molecule has 0 aliphatic carbocycles. The topological polar surface area (TPSA) is 87.0 Å². The van der Waals surface area contributed by atoms with E-state index >= 15 is 0 Å². The van der Waals surface area contributed by atoms with Gasteiger partial charge in [0.25, 0.3) is 0 Å². The Hall–Kier alpha value is -3.99. The van der Waals surface area contributed by atoms with Crippen molar-refractivity contribution in [2.24, 2.45) is 9.98 Å². The van der Waals surface area contributed by atoms with Crippen molar-refractivity contribution in [3.8, 4) is 11.3 Å². The summed E-state index contributed by atoms with van der Waals surface area (Å²) in [6, 6.07) is 22.6. The number of pyridine rings is 1. The zero-order valence-corrected chi connectivity index (χ0v) is 25.5. The van der Waals surface area contributed by atoms with Crippen LogP contribution in [0.25, 0.3) is 17.0 Å². The van der Waals surface area contributed by atoms with Crippen molar-refractivity contribution in [3.63, 3.8) is 0 Å². The van der Waals surface area contributed by atoms with Gasteiger partial charge in [0.2, 0.25) is 0 Å². The van der Waals surface area contributed by atoms with Crippen LogP contribution in [0.15, 0.2) is 93.9 Å². The normalized spacial score (nSPS) is 14.0. The maximum Gasteiger partial charge on any atom is 0.127 e. The lowest BCUT2D eigenvalue weighted by molar-refractivity contribution is 0.122. The number of morpholine rings is 1. The van der Waals surface area contributed by atoms with Gasteiger partial charge in [-0.2, -0.15) is 0 Å². The first-order chi connectivity index (χ1) is 20.6. The van der Waals surface area contributed by atoms with Crippen molar-refractivity contribution in [1.82, 2.24) is 9.97 Å². The molecule has 4 aromatic rings. The fraction of sp³-hybridized carbons (Fsp3) is 0.250. The molecule has 2 aromatic carbocycles. The molecule has 0 radical (unpaired) electrons. The maximum atomic E-state index is 5.43. The molecule has 1 saturated heterocycles. The van der Waals surface area contributed by atoms with Crippen molar-refractivity contribution >= 4 is 59.1 Å². The fourth-order valence-electron chi connectivity index (χ4n) is 4.29. The minimum atomic E-state index is 0.295. The quantitative estimate of drug-likeness (QED) is 0.129. The molecule has 8 nitrogen and oxygen atoms in total. The number of aromatic nitrogens is 2. The zero-order chi connectivity index (χ0) is 29.1. The van der Waals surface area contributed by atoms with Crippen LogP contribution in [0, 0.1) is 0 Å². The maximum absolute atomic E-state index is 5.43. The van der Waals surface area contributed by atoms with Crippen molar-refractivity contribution in [3.05, 3.63) is 88.9 Å². The number of nitrogens with zero attached hydrogens (tertiary/aromatic N) is 5. The Labute approximate surface area is 255 Å². The molecule has 2 N–H and O–H groups in total. The Morgan fingerprint density at radius 2 is 1.95 bits per heavy atom. The first-order valence-corrected chi connectivity index (χ1v) is 15.5. The molecule has 0 atom stereocenters. The largest absolute Gasteiger partial charge is 0.378 e. The zero-order valence-electron chi connectivity index (χ0n) is 23.9. The van der Waals surface area contributed by atoms with Gasteiger partial charge in [0.1, 0.15) is 12.5 Å². The highest BCUT2D eigenvalue weighted by Gasteiger charge is 2.18. The van der Waals surface area contributed by atoms with E-state index in [0.717, 1.165) is 75.2 Å². The summed E-state index contributed by atoms with van der Waals surface area (Å²) in [7, 11) is 0. The molecule has 1 aliphatic rings. The van der Waals surface area contributed by atoms with Crippen LogP contribution in [-0.4, -0.2) is 55.9 Å². The lowest BCUT2D eigenvalue weighted by Crippen LogP contribution is -2.36. The fourth-order valence-corrected chi connectivity index (χ4v) is 6.03. The van der Waals surface area contributed by atoms with Gasteiger partial charge in [-0.15, -0.1) is 11.3 Å². The number of anilines is 3. The third-order valence-electron chi connectivity index (χ3n) is 6.52. The molecule has 216 valence electrons. The van der Waals surface area contributed by atoms with E-state index in [1.807, 2.05) is 42.6 Å². The smallest absolute Gasteiger partial charge is 0.127 e. The second kappa shape index (κ2) is 14.8. The van der Waals surface area contributed by atoms with E-state index in [2.05, 4.69) is 86.9 Å². The summed E-state index contributed by atoms with van der Waals surface area (Å²) < 4.78 is 8.88. The van der Waals surface area contributed by atoms with Gasteiger partial charge < -0.3 is 19.7 Å². The van der Waals surface area contributed by atoms with E-state index in [-0.39, 0.29) is 0 Å². The van der Waals surface area contributed by atoms with Gasteiger partial charge in [-0.05, 0) is 61.1 Å². The summed E-state index contributed by atoms with van der Waals surface area (Å²) >= 11 is 3.23. The number of ether oxygens (including phenoxy) is 1. The van der Waals surface area contributed by atoms with Crippen LogP contribution in [0.5, 0.6) is 0 Å². The van der Waals surface area contributed by atoms with Crippen LogP contribution in [0.3, 0.4) is 0 Å². The number of allylic oxidation sites excluding steroid dienone is 1. The van der Waals surface area contributed by atoms with Crippen LogP contribution < -0.4 is 14.9 Å². The summed E-state index contributed by atoms with van der Waals surface area (Å²) in [6.07, 6.45) is 5.53. The molecule has 42 heavy (non-hydrogen) atoms. The van der Waals surface area contributed by atoms with Gasteiger partial charge >= 0.3 is 0 Å².